The third kappa shape index (κ3) is 5.28. The quantitative estimate of drug-likeness (QED) is 0.556. The van der Waals surface area contributed by atoms with Crippen LogP contribution < -0.4 is 4.74 Å². The Morgan fingerprint density at radius 1 is 1.07 bits per heavy atom. The van der Waals surface area contributed by atoms with E-state index in [0.717, 1.165) is 31.5 Å². The molecule has 1 aromatic carbocycles. The summed E-state index contributed by atoms with van der Waals surface area (Å²) in [5.74, 6) is -0.510. The molecule has 0 atom stereocenters. The normalized spacial score (nSPS) is 13.9. The summed E-state index contributed by atoms with van der Waals surface area (Å²) in [6.07, 6.45) is 3.46. The van der Waals surface area contributed by atoms with Crippen molar-refractivity contribution in [3.8, 4) is 5.75 Å². The van der Waals surface area contributed by atoms with Gasteiger partial charge < -0.3 is 19.4 Å². The van der Waals surface area contributed by atoms with Gasteiger partial charge >= 0.3 is 5.97 Å². The van der Waals surface area contributed by atoms with Gasteiger partial charge in [0.25, 0.3) is 5.91 Å². The number of para-hydroxylation sites is 1. The van der Waals surface area contributed by atoms with Gasteiger partial charge in [-0.15, -0.1) is 0 Å². The lowest BCUT2D eigenvalue weighted by atomic mass is 9.86. The van der Waals surface area contributed by atoms with Crippen molar-refractivity contribution in [3.63, 3.8) is 0 Å². The zero-order valence-electron chi connectivity index (χ0n) is 17.7. The van der Waals surface area contributed by atoms with Crippen LogP contribution in [0.15, 0.2) is 36.5 Å². The van der Waals surface area contributed by atoms with E-state index >= 15 is 0 Å². The van der Waals surface area contributed by atoms with Crippen LogP contribution in [-0.2, 0) is 14.9 Å². The number of carbonyl (C=O) groups excluding carboxylic acids is 3. The van der Waals surface area contributed by atoms with Crippen molar-refractivity contribution in [2.75, 3.05) is 26.3 Å². The average molecular weight is 412 g/mol. The molecule has 30 heavy (non-hydrogen) atoms. The van der Waals surface area contributed by atoms with Crippen LogP contribution in [0.3, 0.4) is 0 Å². The number of hydrogen-bond acceptors (Lipinski definition) is 5. The summed E-state index contributed by atoms with van der Waals surface area (Å²) in [4.78, 5) is 41.3. The summed E-state index contributed by atoms with van der Waals surface area (Å²) in [7, 11) is 0. The molecular formula is C23H28N2O5. The van der Waals surface area contributed by atoms with Gasteiger partial charge in [0, 0.05) is 24.8 Å². The van der Waals surface area contributed by atoms with Gasteiger partial charge in [0.15, 0.2) is 13.2 Å². The number of amides is 1. The topological polar surface area (TPSA) is 88.7 Å². The Balaban J connectivity index is 1.50. The van der Waals surface area contributed by atoms with E-state index in [1.54, 1.807) is 11.0 Å². The monoisotopic (exact) mass is 412 g/mol. The summed E-state index contributed by atoms with van der Waals surface area (Å²) < 4.78 is 10.7. The van der Waals surface area contributed by atoms with E-state index in [4.69, 9.17) is 9.47 Å². The fraction of sp³-hybridized carbons (Fsp3) is 0.435. The molecule has 1 fully saturated rings. The van der Waals surface area contributed by atoms with Crippen molar-refractivity contribution in [2.45, 2.75) is 39.0 Å². The summed E-state index contributed by atoms with van der Waals surface area (Å²) in [5.41, 5.74) is 1.53. The zero-order chi connectivity index (χ0) is 21.7. The number of H-pyrrole nitrogens is 1. The second-order valence-corrected chi connectivity index (χ2v) is 8.42. The van der Waals surface area contributed by atoms with Gasteiger partial charge in [0.2, 0.25) is 5.78 Å². The molecule has 0 unspecified atom stereocenters. The number of benzene rings is 1. The zero-order valence-corrected chi connectivity index (χ0v) is 17.7. The molecule has 1 N–H and O–H groups in total. The maximum atomic E-state index is 12.3. The van der Waals surface area contributed by atoms with Gasteiger partial charge in [-0.2, -0.15) is 0 Å². The fourth-order valence-electron chi connectivity index (χ4n) is 3.39. The number of likely N-dealkylation sites (tertiary alicyclic amines) is 1. The highest BCUT2D eigenvalue weighted by atomic mass is 16.6. The lowest BCUT2D eigenvalue weighted by Gasteiger charge is -2.22. The molecule has 1 aliphatic rings. The van der Waals surface area contributed by atoms with Gasteiger partial charge in [-0.3, -0.25) is 9.59 Å². The maximum absolute atomic E-state index is 12.3. The van der Waals surface area contributed by atoms with Crippen LogP contribution in [0.1, 0.15) is 60.0 Å². The number of nitrogens with zero attached hydrogens (tertiary/aromatic N) is 1. The Bertz CT molecular complexity index is 920. The van der Waals surface area contributed by atoms with Crippen molar-refractivity contribution in [3.05, 3.63) is 53.3 Å². The van der Waals surface area contributed by atoms with Gasteiger partial charge in [-0.25, -0.2) is 4.79 Å². The molecule has 0 bridgehead atoms. The molecule has 7 nitrogen and oxygen atoms in total. The van der Waals surface area contributed by atoms with Crippen LogP contribution in [0, 0.1) is 0 Å². The first-order valence-corrected chi connectivity index (χ1v) is 10.1. The molecule has 2 aromatic rings. The minimum absolute atomic E-state index is 0.116. The Hall–Kier alpha value is -3.09. The molecule has 1 amide bonds. The molecule has 3 rings (SSSR count). The number of esters is 1. The minimum atomic E-state index is -0.629. The largest absolute Gasteiger partial charge is 0.482 e. The number of aromatic amines is 1. The highest BCUT2D eigenvalue weighted by Crippen LogP contribution is 2.30. The van der Waals surface area contributed by atoms with E-state index in [2.05, 4.69) is 25.8 Å². The third-order valence-electron chi connectivity index (χ3n) is 5.03. The van der Waals surface area contributed by atoms with Crippen LogP contribution in [0.4, 0.5) is 0 Å². The lowest BCUT2D eigenvalue weighted by molar-refractivity contribution is -0.144. The number of Topliss-reactive ketones (excluding diaryl/α,β-unsaturated/α-hetero) is 1. The molecule has 7 heteroatoms. The fourth-order valence-corrected chi connectivity index (χ4v) is 3.39. The highest BCUT2D eigenvalue weighted by molar-refractivity contribution is 6.01. The molecule has 1 aromatic heterocycles. The Kier molecular flexibility index (Phi) is 6.59. The summed E-state index contributed by atoms with van der Waals surface area (Å²) in [6, 6.07) is 9.03. The van der Waals surface area contributed by atoms with Crippen molar-refractivity contribution in [1.82, 2.24) is 9.88 Å². The maximum Gasteiger partial charge on any atom is 0.344 e. The van der Waals surface area contributed by atoms with Crippen LogP contribution in [-0.4, -0.2) is 53.8 Å². The first-order chi connectivity index (χ1) is 14.3. The number of nitrogens with one attached hydrogen (secondary N) is 1. The molecule has 2 heterocycles. The molecule has 0 aliphatic carbocycles. The van der Waals surface area contributed by atoms with Crippen LogP contribution in [0.5, 0.6) is 5.75 Å². The van der Waals surface area contributed by atoms with Crippen LogP contribution in [0.2, 0.25) is 0 Å². The SMILES string of the molecule is CC(C)(C)c1ccccc1OCC(=O)OCC(=O)c1c[nH]c(C(=O)N2CCCC2)c1. The number of aromatic nitrogens is 1. The molecule has 0 saturated carbocycles. The van der Waals surface area contributed by atoms with Crippen LogP contribution in [0.25, 0.3) is 0 Å². The molecule has 0 radical (unpaired) electrons. The minimum Gasteiger partial charge on any atom is -0.482 e. The number of ketones is 1. The highest BCUT2D eigenvalue weighted by Gasteiger charge is 2.22. The lowest BCUT2D eigenvalue weighted by Crippen LogP contribution is -2.27. The Labute approximate surface area is 176 Å². The van der Waals surface area contributed by atoms with Crippen molar-refractivity contribution >= 4 is 17.7 Å². The summed E-state index contributed by atoms with van der Waals surface area (Å²) >= 11 is 0. The number of ether oxygens (including phenoxy) is 2. The van der Waals surface area contributed by atoms with Gasteiger partial charge in [0.1, 0.15) is 11.4 Å². The van der Waals surface area contributed by atoms with E-state index < -0.39 is 12.6 Å². The van der Waals surface area contributed by atoms with Crippen LogP contribution >= 0.6 is 0 Å². The number of hydrogen-bond donors (Lipinski definition) is 1. The van der Waals surface area contributed by atoms with E-state index in [-0.39, 0.29) is 23.7 Å². The molecule has 1 saturated heterocycles. The average Bonchev–Trinajstić information content (AvgIpc) is 3.41. The van der Waals surface area contributed by atoms with Crippen molar-refractivity contribution < 1.29 is 23.9 Å². The number of carbonyl (C=O) groups is 3. The molecule has 0 spiro atoms. The van der Waals surface area contributed by atoms with Crippen molar-refractivity contribution in [1.29, 1.82) is 0 Å². The van der Waals surface area contributed by atoms with E-state index in [0.29, 0.717) is 17.0 Å². The predicted molar refractivity (Wildman–Crippen MR) is 112 cm³/mol. The Morgan fingerprint density at radius 3 is 2.47 bits per heavy atom. The van der Waals surface area contributed by atoms with E-state index in [1.165, 1.54) is 12.3 Å². The first kappa shape index (κ1) is 21.6. The van der Waals surface area contributed by atoms with Gasteiger partial charge in [-0.1, -0.05) is 39.0 Å². The Morgan fingerprint density at radius 2 is 1.77 bits per heavy atom. The van der Waals surface area contributed by atoms with E-state index in [9.17, 15) is 14.4 Å². The summed E-state index contributed by atoms with van der Waals surface area (Å²) in [6.45, 7) is 6.96. The number of rotatable bonds is 7. The molecular weight excluding hydrogens is 384 g/mol. The summed E-state index contributed by atoms with van der Waals surface area (Å²) in [5, 5.41) is 0. The van der Waals surface area contributed by atoms with Gasteiger partial charge in [0.05, 0.1) is 0 Å². The molecule has 1 aliphatic heterocycles. The standard InChI is InChI=1S/C23H28N2O5/c1-23(2,3)17-8-4-5-9-20(17)29-15-21(27)30-14-19(26)16-12-18(24-13-16)22(28)25-10-6-7-11-25/h4-5,8-9,12-13,24H,6-7,10-11,14-15H2,1-3H3. The second kappa shape index (κ2) is 9.15. The first-order valence-electron chi connectivity index (χ1n) is 10.1. The smallest absolute Gasteiger partial charge is 0.344 e. The predicted octanol–water partition coefficient (Wildman–Crippen LogP) is 3.35. The second-order valence-electron chi connectivity index (χ2n) is 8.42. The third-order valence-corrected chi connectivity index (χ3v) is 5.03. The molecule has 160 valence electrons. The van der Waals surface area contributed by atoms with E-state index in [1.807, 2.05) is 18.2 Å². The van der Waals surface area contributed by atoms with Gasteiger partial charge in [-0.05, 0) is 36.0 Å². The van der Waals surface area contributed by atoms with Crippen molar-refractivity contribution in [2.24, 2.45) is 0 Å².